The minimum absolute atomic E-state index is 0.381. The van der Waals surface area contributed by atoms with Crippen molar-refractivity contribution in [2.75, 3.05) is 19.6 Å². The normalized spacial score (nSPS) is 21.0. The number of hydrogen-bond donors (Lipinski definition) is 1. The maximum Gasteiger partial charge on any atom is 0.213 e. The Hall–Kier alpha value is -1.72. The van der Waals surface area contributed by atoms with Crippen molar-refractivity contribution in [3.63, 3.8) is 0 Å². The Morgan fingerprint density at radius 3 is 3.00 bits per heavy atom. The number of aromatic nitrogens is 2. The summed E-state index contributed by atoms with van der Waals surface area (Å²) in [5, 5.41) is 7.40. The lowest BCUT2D eigenvalue weighted by Crippen LogP contribution is -2.45. The Labute approximate surface area is 106 Å². The van der Waals surface area contributed by atoms with Gasteiger partial charge in [0.1, 0.15) is 0 Å². The summed E-state index contributed by atoms with van der Waals surface area (Å²) in [6.45, 7) is 3.72. The van der Waals surface area contributed by atoms with E-state index in [4.69, 9.17) is 4.52 Å². The molecule has 1 atom stereocenters. The van der Waals surface area contributed by atoms with Crippen LogP contribution in [0.1, 0.15) is 17.4 Å². The van der Waals surface area contributed by atoms with Gasteiger partial charge in [0.05, 0.1) is 6.54 Å². The summed E-state index contributed by atoms with van der Waals surface area (Å²) < 4.78 is 4.76. The van der Waals surface area contributed by atoms with Crippen molar-refractivity contribution in [2.45, 2.75) is 12.6 Å². The van der Waals surface area contributed by atoms with Gasteiger partial charge in [0.25, 0.3) is 0 Å². The molecule has 3 rings (SSSR count). The third kappa shape index (κ3) is 2.57. The molecule has 1 saturated heterocycles. The largest absolute Gasteiger partial charge is 0.343 e. The number of piperazine rings is 1. The summed E-state index contributed by atoms with van der Waals surface area (Å²) in [5.74, 6) is 0.753. The van der Waals surface area contributed by atoms with Crippen LogP contribution >= 0.6 is 0 Å². The van der Waals surface area contributed by atoms with Gasteiger partial charge in [-0.3, -0.25) is 4.90 Å². The topological polar surface area (TPSA) is 54.2 Å². The molecule has 2 aromatic rings. The predicted octanol–water partition coefficient (Wildman–Crippen LogP) is 1.22. The number of nitrogens with one attached hydrogen (secondary N) is 1. The number of benzene rings is 1. The van der Waals surface area contributed by atoms with Gasteiger partial charge in [0.2, 0.25) is 6.39 Å². The molecular formula is C13H16N4O. The van der Waals surface area contributed by atoms with E-state index >= 15 is 0 Å². The molecule has 0 aliphatic carbocycles. The first-order valence-electron chi connectivity index (χ1n) is 6.18. The predicted molar refractivity (Wildman–Crippen MR) is 66.8 cm³/mol. The van der Waals surface area contributed by atoms with Crippen molar-refractivity contribution in [3.05, 3.63) is 48.1 Å². The molecule has 0 amide bonds. The second-order valence-electron chi connectivity index (χ2n) is 4.50. The summed E-state index contributed by atoms with van der Waals surface area (Å²) in [6, 6.07) is 10.9. The molecule has 0 radical (unpaired) electrons. The molecule has 5 heteroatoms. The Morgan fingerprint density at radius 1 is 1.33 bits per heavy atom. The van der Waals surface area contributed by atoms with Crippen molar-refractivity contribution in [3.8, 4) is 0 Å². The van der Waals surface area contributed by atoms with E-state index in [1.165, 1.54) is 12.0 Å². The average Bonchev–Trinajstić information content (AvgIpc) is 2.93. The monoisotopic (exact) mass is 244 g/mol. The van der Waals surface area contributed by atoms with Crippen molar-refractivity contribution in [1.29, 1.82) is 0 Å². The maximum absolute atomic E-state index is 4.76. The van der Waals surface area contributed by atoms with E-state index in [0.29, 0.717) is 6.04 Å². The van der Waals surface area contributed by atoms with Gasteiger partial charge < -0.3 is 9.84 Å². The lowest BCUT2D eigenvalue weighted by Gasteiger charge is -2.33. The van der Waals surface area contributed by atoms with E-state index in [0.717, 1.165) is 32.0 Å². The first-order chi connectivity index (χ1) is 8.92. The summed E-state index contributed by atoms with van der Waals surface area (Å²) in [4.78, 5) is 6.41. The van der Waals surface area contributed by atoms with Gasteiger partial charge in [-0.2, -0.15) is 4.98 Å². The van der Waals surface area contributed by atoms with E-state index in [-0.39, 0.29) is 0 Å². The highest BCUT2D eigenvalue weighted by Gasteiger charge is 2.21. The van der Waals surface area contributed by atoms with Crippen LogP contribution in [-0.4, -0.2) is 34.7 Å². The van der Waals surface area contributed by atoms with Crippen LogP contribution in [0.3, 0.4) is 0 Å². The van der Waals surface area contributed by atoms with Crippen LogP contribution < -0.4 is 5.32 Å². The molecule has 94 valence electrons. The van der Waals surface area contributed by atoms with Crippen LogP contribution in [0.4, 0.5) is 0 Å². The zero-order valence-electron chi connectivity index (χ0n) is 10.1. The molecule has 5 nitrogen and oxygen atoms in total. The second-order valence-corrected chi connectivity index (χ2v) is 4.50. The third-order valence-electron chi connectivity index (χ3n) is 3.23. The van der Waals surface area contributed by atoms with Gasteiger partial charge in [-0.1, -0.05) is 35.5 Å². The molecule has 1 fully saturated rings. The quantitative estimate of drug-likeness (QED) is 0.879. The Bertz CT molecular complexity index is 471. The molecule has 0 saturated carbocycles. The fourth-order valence-corrected chi connectivity index (χ4v) is 2.33. The van der Waals surface area contributed by atoms with Gasteiger partial charge in [-0.05, 0) is 5.56 Å². The van der Waals surface area contributed by atoms with Crippen LogP contribution in [0.2, 0.25) is 0 Å². The number of nitrogens with zero attached hydrogens (tertiary/aromatic N) is 3. The van der Waals surface area contributed by atoms with Crippen molar-refractivity contribution < 1.29 is 4.52 Å². The fourth-order valence-electron chi connectivity index (χ4n) is 2.33. The van der Waals surface area contributed by atoms with Gasteiger partial charge >= 0.3 is 0 Å². The summed E-state index contributed by atoms with van der Waals surface area (Å²) in [5.41, 5.74) is 1.33. The molecule has 1 aliphatic heterocycles. The molecule has 1 aliphatic rings. The average molecular weight is 244 g/mol. The standard InChI is InChI=1S/C13H16N4O/c1-2-4-11(5-3-1)12-8-17(7-6-14-12)9-13-15-10-18-16-13/h1-5,10,12,14H,6-9H2. The van der Waals surface area contributed by atoms with Crippen molar-refractivity contribution >= 4 is 0 Å². The molecule has 2 heterocycles. The molecular weight excluding hydrogens is 228 g/mol. The van der Waals surface area contributed by atoms with Gasteiger partial charge in [-0.25, -0.2) is 0 Å². The lowest BCUT2D eigenvalue weighted by atomic mass is 10.0. The highest BCUT2D eigenvalue weighted by Crippen LogP contribution is 2.17. The zero-order valence-corrected chi connectivity index (χ0v) is 10.1. The van der Waals surface area contributed by atoms with Crippen LogP contribution in [0.15, 0.2) is 41.2 Å². The van der Waals surface area contributed by atoms with Crippen LogP contribution in [-0.2, 0) is 6.54 Å². The van der Waals surface area contributed by atoms with Crippen molar-refractivity contribution in [2.24, 2.45) is 0 Å². The third-order valence-corrected chi connectivity index (χ3v) is 3.23. The SMILES string of the molecule is c1ccc(C2CN(Cc3ncon3)CCN2)cc1. The van der Waals surface area contributed by atoms with E-state index in [1.54, 1.807) is 0 Å². The highest BCUT2D eigenvalue weighted by atomic mass is 16.5. The first-order valence-corrected chi connectivity index (χ1v) is 6.18. The molecule has 1 aromatic carbocycles. The zero-order chi connectivity index (χ0) is 12.2. The minimum Gasteiger partial charge on any atom is -0.343 e. The number of rotatable bonds is 3. The minimum atomic E-state index is 0.381. The van der Waals surface area contributed by atoms with Crippen LogP contribution in [0, 0.1) is 0 Å². The summed E-state index contributed by atoms with van der Waals surface area (Å²) in [7, 11) is 0. The molecule has 0 spiro atoms. The van der Waals surface area contributed by atoms with E-state index in [1.807, 2.05) is 6.07 Å². The summed E-state index contributed by atoms with van der Waals surface area (Å²) >= 11 is 0. The Balaban J connectivity index is 1.65. The van der Waals surface area contributed by atoms with Crippen molar-refractivity contribution in [1.82, 2.24) is 20.4 Å². The summed E-state index contributed by atoms with van der Waals surface area (Å²) in [6.07, 6.45) is 1.38. The fraction of sp³-hybridized carbons (Fsp3) is 0.385. The molecule has 18 heavy (non-hydrogen) atoms. The second kappa shape index (κ2) is 5.29. The van der Waals surface area contributed by atoms with E-state index in [2.05, 4.69) is 44.6 Å². The van der Waals surface area contributed by atoms with Gasteiger partial charge in [-0.15, -0.1) is 0 Å². The Morgan fingerprint density at radius 2 is 2.22 bits per heavy atom. The molecule has 1 aromatic heterocycles. The first kappa shape index (κ1) is 11.4. The van der Waals surface area contributed by atoms with Crippen LogP contribution in [0.25, 0.3) is 0 Å². The van der Waals surface area contributed by atoms with E-state index in [9.17, 15) is 0 Å². The molecule has 1 N–H and O–H groups in total. The highest BCUT2D eigenvalue weighted by molar-refractivity contribution is 5.19. The van der Waals surface area contributed by atoms with Crippen LogP contribution in [0.5, 0.6) is 0 Å². The molecule has 1 unspecified atom stereocenters. The van der Waals surface area contributed by atoms with E-state index < -0.39 is 0 Å². The molecule has 0 bridgehead atoms. The van der Waals surface area contributed by atoms with Gasteiger partial charge in [0, 0.05) is 25.7 Å². The van der Waals surface area contributed by atoms with Gasteiger partial charge in [0.15, 0.2) is 5.82 Å². The Kier molecular flexibility index (Phi) is 3.34. The maximum atomic E-state index is 4.76. The number of hydrogen-bond acceptors (Lipinski definition) is 5. The lowest BCUT2D eigenvalue weighted by molar-refractivity contribution is 0.187. The smallest absolute Gasteiger partial charge is 0.213 e.